The minimum Gasteiger partial charge on any atom is -0.460 e. The van der Waals surface area contributed by atoms with Crippen molar-refractivity contribution in [3.63, 3.8) is 0 Å². The summed E-state index contributed by atoms with van der Waals surface area (Å²) in [6.07, 6.45) is 8.40. The maximum Gasteiger partial charge on any atom is 0.313 e. The number of nitrogens with zero attached hydrogens (tertiary/aromatic N) is 3. The third-order valence-corrected chi connectivity index (χ3v) is 9.91. The zero-order valence-electron chi connectivity index (χ0n) is 23.3. The van der Waals surface area contributed by atoms with Gasteiger partial charge in [-0.25, -0.2) is 0 Å². The van der Waals surface area contributed by atoms with Crippen molar-refractivity contribution >= 4 is 5.97 Å². The summed E-state index contributed by atoms with van der Waals surface area (Å²) in [6, 6.07) is 21.3. The Labute approximate surface area is 236 Å². The summed E-state index contributed by atoms with van der Waals surface area (Å²) in [5.41, 5.74) is 2.18. The number of esters is 1. The highest BCUT2D eigenvalue weighted by atomic mass is 16.5. The van der Waals surface area contributed by atoms with Gasteiger partial charge >= 0.3 is 5.97 Å². The maximum atomic E-state index is 13.1. The molecule has 1 aromatic heterocycles. The normalized spacial score (nSPS) is 25.2. The molecular formula is C33H40N4O3. The number of piperidine rings is 1. The fourth-order valence-corrected chi connectivity index (χ4v) is 6.74. The zero-order valence-corrected chi connectivity index (χ0v) is 23.3. The third kappa shape index (κ3) is 5.34. The van der Waals surface area contributed by atoms with Gasteiger partial charge in [0.25, 0.3) is 0 Å². The van der Waals surface area contributed by atoms with Crippen molar-refractivity contribution in [1.82, 2.24) is 20.4 Å². The first-order valence-electron chi connectivity index (χ1n) is 15.2. The molecule has 4 fully saturated rings. The Morgan fingerprint density at radius 3 is 2.40 bits per heavy atom. The van der Waals surface area contributed by atoms with Gasteiger partial charge in [0.1, 0.15) is 6.61 Å². The number of carbonyl (C=O) groups is 1. The molecule has 7 heteroatoms. The summed E-state index contributed by atoms with van der Waals surface area (Å²) < 4.78 is 11.6. The lowest BCUT2D eigenvalue weighted by Gasteiger charge is -2.44. The van der Waals surface area contributed by atoms with Gasteiger partial charge in [0.15, 0.2) is 5.82 Å². The number of carbonyl (C=O) groups excluding carboxylic acids is 1. The van der Waals surface area contributed by atoms with Gasteiger partial charge in [0, 0.05) is 36.4 Å². The molecule has 0 spiro atoms. The van der Waals surface area contributed by atoms with Crippen molar-refractivity contribution in [2.24, 2.45) is 5.41 Å². The van der Waals surface area contributed by atoms with Crippen LogP contribution in [0.3, 0.4) is 0 Å². The molecule has 2 atom stereocenters. The second-order valence-electron chi connectivity index (χ2n) is 12.7. The fourth-order valence-electron chi connectivity index (χ4n) is 6.74. The molecule has 0 amide bonds. The topological polar surface area (TPSA) is 80.5 Å². The molecule has 4 aliphatic rings. The van der Waals surface area contributed by atoms with Gasteiger partial charge in [0.2, 0.25) is 5.89 Å². The molecule has 7 rings (SSSR count). The summed E-state index contributed by atoms with van der Waals surface area (Å²) in [6.45, 7) is 3.98. The predicted octanol–water partition coefficient (Wildman–Crippen LogP) is 5.34. The second-order valence-corrected chi connectivity index (χ2v) is 12.7. The molecule has 1 saturated heterocycles. The molecule has 210 valence electrons. The summed E-state index contributed by atoms with van der Waals surface area (Å²) in [7, 11) is 0. The molecule has 2 aromatic carbocycles. The van der Waals surface area contributed by atoms with E-state index in [4.69, 9.17) is 14.2 Å². The summed E-state index contributed by atoms with van der Waals surface area (Å²) >= 11 is 0. The van der Waals surface area contributed by atoms with E-state index in [1.54, 1.807) is 0 Å². The number of rotatable bonds is 11. The van der Waals surface area contributed by atoms with E-state index in [-0.39, 0.29) is 16.8 Å². The van der Waals surface area contributed by atoms with Gasteiger partial charge in [-0.3, -0.25) is 4.79 Å². The Bertz CT molecular complexity index is 1290. The van der Waals surface area contributed by atoms with E-state index in [2.05, 4.69) is 45.7 Å². The van der Waals surface area contributed by atoms with Crippen molar-refractivity contribution in [3.05, 3.63) is 83.5 Å². The Morgan fingerprint density at radius 1 is 1.00 bits per heavy atom. The molecule has 0 radical (unpaired) electrons. The van der Waals surface area contributed by atoms with Gasteiger partial charge in [0.05, 0.1) is 5.41 Å². The monoisotopic (exact) mass is 540 g/mol. The van der Waals surface area contributed by atoms with Crippen LogP contribution >= 0.6 is 0 Å². The van der Waals surface area contributed by atoms with Crippen LogP contribution in [0.2, 0.25) is 0 Å². The zero-order chi connectivity index (χ0) is 27.0. The highest BCUT2D eigenvalue weighted by Crippen LogP contribution is 2.49. The number of hydrogen-bond donors (Lipinski definition) is 1. The lowest BCUT2D eigenvalue weighted by atomic mass is 9.68. The average Bonchev–Trinajstić information content (AvgIpc) is 3.90. The van der Waals surface area contributed by atoms with Crippen molar-refractivity contribution in [2.45, 2.75) is 81.3 Å². The van der Waals surface area contributed by atoms with Crippen molar-refractivity contribution in [2.75, 3.05) is 26.2 Å². The number of nitrogens with one attached hydrogen (secondary N) is 1. The highest BCUT2D eigenvalue weighted by Gasteiger charge is 2.51. The van der Waals surface area contributed by atoms with Crippen molar-refractivity contribution in [3.8, 4) is 0 Å². The molecule has 0 unspecified atom stereocenters. The van der Waals surface area contributed by atoms with Crippen molar-refractivity contribution in [1.29, 1.82) is 0 Å². The molecule has 3 aromatic rings. The highest BCUT2D eigenvalue weighted by molar-refractivity contribution is 5.78. The van der Waals surface area contributed by atoms with E-state index in [9.17, 15) is 4.79 Å². The minimum absolute atomic E-state index is 0.0316. The Balaban J connectivity index is 0.890. The first-order valence-corrected chi connectivity index (χ1v) is 15.2. The van der Waals surface area contributed by atoms with Gasteiger partial charge < -0.3 is 19.5 Å². The van der Waals surface area contributed by atoms with Gasteiger partial charge in [-0.2, -0.15) is 4.98 Å². The first-order chi connectivity index (χ1) is 19.6. The van der Waals surface area contributed by atoms with E-state index >= 15 is 0 Å². The van der Waals surface area contributed by atoms with Gasteiger partial charge in [-0.05, 0) is 69.2 Å². The van der Waals surface area contributed by atoms with Crippen LogP contribution in [0.25, 0.3) is 0 Å². The smallest absolute Gasteiger partial charge is 0.313 e. The Morgan fingerprint density at radius 2 is 1.73 bits per heavy atom. The number of likely N-dealkylation sites (tertiary alicyclic amines) is 1. The lowest BCUT2D eigenvalue weighted by Crippen LogP contribution is -2.50. The fraction of sp³-hybridized carbons (Fsp3) is 0.545. The maximum absolute atomic E-state index is 13.1. The molecule has 0 bridgehead atoms. The molecule has 40 heavy (non-hydrogen) atoms. The lowest BCUT2D eigenvalue weighted by molar-refractivity contribution is -0.165. The van der Waals surface area contributed by atoms with Crippen molar-refractivity contribution < 1.29 is 14.1 Å². The molecular weight excluding hydrogens is 500 g/mol. The summed E-state index contributed by atoms with van der Waals surface area (Å²) in [4.78, 5) is 20.5. The molecule has 3 aliphatic carbocycles. The van der Waals surface area contributed by atoms with Crippen LogP contribution in [0.4, 0.5) is 0 Å². The van der Waals surface area contributed by atoms with E-state index in [1.165, 1.54) is 12.0 Å². The van der Waals surface area contributed by atoms with Crippen LogP contribution in [0.15, 0.2) is 65.2 Å². The number of aromatic nitrogens is 2. The number of ether oxygens (including phenoxy) is 1. The molecule has 7 nitrogen and oxygen atoms in total. The van der Waals surface area contributed by atoms with Crippen LogP contribution in [0.1, 0.15) is 86.0 Å². The van der Waals surface area contributed by atoms with E-state index in [1.807, 2.05) is 30.3 Å². The Kier molecular flexibility index (Phi) is 6.96. The van der Waals surface area contributed by atoms with E-state index in [0.29, 0.717) is 24.5 Å². The van der Waals surface area contributed by atoms with E-state index in [0.717, 1.165) is 88.4 Å². The molecule has 1 aliphatic heterocycles. The second kappa shape index (κ2) is 10.7. The van der Waals surface area contributed by atoms with Crippen LogP contribution in [0, 0.1) is 5.41 Å². The van der Waals surface area contributed by atoms with Crippen LogP contribution in [-0.2, 0) is 21.6 Å². The first kappa shape index (κ1) is 25.9. The van der Waals surface area contributed by atoms with Crippen LogP contribution in [-0.4, -0.2) is 53.2 Å². The van der Waals surface area contributed by atoms with E-state index < -0.39 is 0 Å². The molecule has 1 N–H and O–H groups in total. The standard InChI is InChI=1S/C33H40N4O3/c38-31(39-21-24-8-3-1-4-9-24)33(14-7-15-33)23-37-18-12-26(13-19-37)29-35-30(36-40-29)32(16-17-32)22-34-28-20-27(28)25-10-5-2-6-11-25/h1-6,8-11,26-28,34H,7,12-23H2/t27-,28+/m0/s1. The molecule has 3 saturated carbocycles. The predicted molar refractivity (Wildman–Crippen MR) is 152 cm³/mol. The molecule has 2 heterocycles. The summed E-state index contributed by atoms with van der Waals surface area (Å²) in [5.74, 6) is 2.59. The number of benzene rings is 2. The van der Waals surface area contributed by atoms with Gasteiger partial charge in [-0.1, -0.05) is 72.2 Å². The quantitative estimate of drug-likeness (QED) is 0.329. The Hall–Kier alpha value is -3.03. The van der Waals surface area contributed by atoms with Crippen LogP contribution < -0.4 is 5.32 Å². The minimum atomic E-state index is -0.342. The number of hydrogen-bond acceptors (Lipinski definition) is 7. The third-order valence-electron chi connectivity index (χ3n) is 9.91. The van der Waals surface area contributed by atoms with Crippen LogP contribution in [0.5, 0.6) is 0 Å². The SMILES string of the molecule is O=C(OCc1ccccc1)C1(CN2CCC(c3nc(C4(CN[C@@H]5C[C@H]5c5ccccc5)CC4)no3)CC2)CCC1. The summed E-state index contributed by atoms with van der Waals surface area (Å²) in [5, 5.41) is 8.26. The largest absolute Gasteiger partial charge is 0.460 e. The van der Waals surface area contributed by atoms with Gasteiger partial charge in [-0.15, -0.1) is 0 Å². The average molecular weight is 541 g/mol.